The van der Waals surface area contributed by atoms with Crippen LogP contribution >= 0.6 is 0 Å². The first kappa shape index (κ1) is 21.8. The molecule has 0 radical (unpaired) electrons. The Morgan fingerprint density at radius 2 is 1.76 bits per heavy atom. The second kappa shape index (κ2) is 8.75. The van der Waals surface area contributed by atoms with E-state index in [1.807, 2.05) is 12.1 Å². The van der Waals surface area contributed by atoms with Crippen molar-refractivity contribution in [1.82, 2.24) is 4.57 Å². The Balaban J connectivity index is 1.62. The van der Waals surface area contributed by atoms with Crippen molar-refractivity contribution in [3.8, 4) is 17.3 Å². The van der Waals surface area contributed by atoms with Gasteiger partial charge in [-0.2, -0.15) is 5.26 Å². The van der Waals surface area contributed by atoms with Gasteiger partial charge in [-0.25, -0.2) is 8.42 Å². The molecule has 1 aromatic heterocycles. The van der Waals surface area contributed by atoms with Gasteiger partial charge in [0.05, 0.1) is 22.5 Å². The maximum absolute atomic E-state index is 11.9. The van der Waals surface area contributed by atoms with Crippen molar-refractivity contribution in [3.05, 3.63) is 48.0 Å². The van der Waals surface area contributed by atoms with Crippen LogP contribution in [0.15, 0.2) is 42.5 Å². The highest BCUT2D eigenvalue weighted by Crippen LogP contribution is 2.43. The van der Waals surface area contributed by atoms with E-state index in [-0.39, 0.29) is 5.75 Å². The molecule has 3 aromatic rings. The fourth-order valence-electron chi connectivity index (χ4n) is 5.02. The van der Waals surface area contributed by atoms with Gasteiger partial charge in [0.1, 0.15) is 6.07 Å². The summed E-state index contributed by atoms with van der Waals surface area (Å²) in [6, 6.07) is 16.8. The second-order valence-corrected chi connectivity index (χ2v) is 11.1. The van der Waals surface area contributed by atoms with Crippen LogP contribution in [0.1, 0.15) is 57.1 Å². The zero-order chi connectivity index (χ0) is 23.0. The van der Waals surface area contributed by atoms with E-state index in [9.17, 15) is 13.7 Å². The summed E-state index contributed by atoms with van der Waals surface area (Å²) < 4.78 is 28.8. The number of benzene rings is 2. The molecule has 0 bridgehead atoms. The monoisotopic (exact) mass is 462 g/mol. The van der Waals surface area contributed by atoms with Gasteiger partial charge in [-0.3, -0.25) is 4.72 Å². The Kier molecular flexibility index (Phi) is 5.79. The summed E-state index contributed by atoms with van der Waals surface area (Å²) in [5.74, 6) is 0.0304. The first-order valence-corrected chi connectivity index (χ1v) is 13.6. The number of piperidine rings is 1. The fraction of sp³-hybridized carbons (Fsp3) is 0.423. The van der Waals surface area contributed by atoms with Crippen LogP contribution in [-0.4, -0.2) is 31.8 Å². The highest BCUT2D eigenvalue weighted by atomic mass is 32.2. The van der Waals surface area contributed by atoms with Crippen LogP contribution < -0.4 is 9.62 Å². The van der Waals surface area contributed by atoms with Crippen molar-refractivity contribution in [2.24, 2.45) is 0 Å². The summed E-state index contributed by atoms with van der Waals surface area (Å²) in [6.07, 6.45) is 7.18. The topological polar surface area (TPSA) is 78.1 Å². The number of aromatic nitrogens is 1. The van der Waals surface area contributed by atoms with Gasteiger partial charge in [0.25, 0.3) is 0 Å². The molecule has 0 amide bonds. The molecule has 2 aromatic carbocycles. The minimum Gasteiger partial charge on any atom is -0.371 e. The van der Waals surface area contributed by atoms with E-state index in [0.29, 0.717) is 17.3 Å². The van der Waals surface area contributed by atoms with Gasteiger partial charge in [-0.1, -0.05) is 12.1 Å². The second-order valence-electron chi connectivity index (χ2n) is 9.12. The van der Waals surface area contributed by atoms with Crippen LogP contribution in [0.3, 0.4) is 0 Å². The molecule has 6 nitrogen and oxygen atoms in total. The Hall–Kier alpha value is -2.98. The fourth-order valence-corrected chi connectivity index (χ4v) is 5.66. The maximum atomic E-state index is 11.9. The molecule has 2 aliphatic rings. The standard InChI is InChI=1S/C26H30N4O2S/c1-2-33(31,32)28-20-11-9-19(10-12-20)26-24(18-27)23-14-13-22(29-15-4-3-5-16-29)17-25(23)30(26)21-7-6-8-21/h9-14,17,21,28H,2-8,15-16H2,1H3. The zero-order valence-electron chi connectivity index (χ0n) is 19.0. The number of anilines is 2. The average Bonchev–Trinajstić information content (AvgIpc) is 3.12. The molecule has 1 saturated carbocycles. The molecule has 1 aliphatic heterocycles. The van der Waals surface area contributed by atoms with E-state index in [2.05, 4.69) is 38.5 Å². The Morgan fingerprint density at radius 1 is 1.03 bits per heavy atom. The molecule has 1 aliphatic carbocycles. The van der Waals surface area contributed by atoms with E-state index >= 15 is 0 Å². The van der Waals surface area contributed by atoms with Crippen LogP contribution in [0.2, 0.25) is 0 Å². The largest absolute Gasteiger partial charge is 0.371 e. The van der Waals surface area contributed by atoms with Crippen LogP contribution in [0.5, 0.6) is 0 Å². The minimum absolute atomic E-state index is 0.0304. The number of rotatable bonds is 6. The van der Waals surface area contributed by atoms with Crippen molar-refractivity contribution in [3.63, 3.8) is 0 Å². The van der Waals surface area contributed by atoms with E-state index in [0.717, 1.165) is 48.1 Å². The lowest BCUT2D eigenvalue weighted by Gasteiger charge is -2.31. The lowest BCUT2D eigenvalue weighted by Crippen LogP contribution is -2.29. The lowest BCUT2D eigenvalue weighted by atomic mass is 9.92. The molecular formula is C26H30N4O2S. The minimum atomic E-state index is -3.33. The molecule has 1 saturated heterocycles. The summed E-state index contributed by atoms with van der Waals surface area (Å²) in [4.78, 5) is 2.46. The maximum Gasteiger partial charge on any atom is 0.232 e. The van der Waals surface area contributed by atoms with Gasteiger partial charge in [0.2, 0.25) is 10.0 Å². The normalized spacial score (nSPS) is 17.0. The summed E-state index contributed by atoms with van der Waals surface area (Å²) >= 11 is 0. The van der Waals surface area contributed by atoms with E-state index in [4.69, 9.17) is 0 Å². The summed E-state index contributed by atoms with van der Waals surface area (Å²) in [6.45, 7) is 3.79. The van der Waals surface area contributed by atoms with E-state index in [1.54, 1.807) is 19.1 Å². The number of fused-ring (bicyclic) bond motifs is 1. The number of nitrogens with zero attached hydrogens (tertiary/aromatic N) is 3. The Bertz CT molecular complexity index is 1310. The number of nitriles is 1. The highest BCUT2D eigenvalue weighted by Gasteiger charge is 2.28. The summed E-state index contributed by atoms with van der Waals surface area (Å²) in [5, 5.41) is 11.2. The summed E-state index contributed by atoms with van der Waals surface area (Å²) in [7, 11) is -3.33. The molecule has 2 heterocycles. The molecule has 33 heavy (non-hydrogen) atoms. The van der Waals surface area contributed by atoms with Gasteiger partial charge in [-0.05, 0) is 81.3 Å². The molecule has 0 atom stereocenters. The Labute approximate surface area is 195 Å². The van der Waals surface area contributed by atoms with Gasteiger partial charge < -0.3 is 9.47 Å². The number of hydrogen-bond donors (Lipinski definition) is 1. The van der Waals surface area contributed by atoms with Crippen LogP contribution in [-0.2, 0) is 10.0 Å². The molecule has 7 heteroatoms. The smallest absolute Gasteiger partial charge is 0.232 e. The SMILES string of the molecule is CCS(=O)(=O)Nc1ccc(-c2c(C#N)c3ccc(N4CCCCC4)cc3n2C2CCC2)cc1. The number of sulfonamides is 1. The Morgan fingerprint density at radius 3 is 2.36 bits per heavy atom. The van der Waals surface area contributed by atoms with Crippen molar-refractivity contribution in [1.29, 1.82) is 5.26 Å². The van der Waals surface area contributed by atoms with Crippen molar-refractivity contribution in [2.75, 3.05) is 28.5 Å². The number of nitrogens with one attached hydrogen (secondary N) is 1. The molecule has 0 spiro atoms. The van der Waals surface area contributed by atoms with Crippen LogP contribution in [0, 0.1) is 11.3 Å². The number of hydrogen-bond acceptors (Lipinski definition) is 4. The first-order valence-electron chi connectivity index (χ1n) is 11.9. The zero-order valence-corrected chi connectivity index (χ0v) is 19.9. The van der Waals surface area contributed by atoms with E-state index in [1.165, 1.54) is 31.4 Å². The molecule has 172 valence electrons. The third kappa shape index (κ3) is 4.08. The van der Waals surface area contributed by atoms with Crippen molar-refractivity contribution >= 4 is 32.3 Å². The lowest BCUT2D eigenvalue weighted by molar-refractivity contribution is 0.324. The van der Waals surface area contributed by atoms with Gasteiger partial charge in [-0.15, -0.1) is 0 Å². The van der Waals surface area contributed by atoms with Gasteiger partial charge in [0, 0.05) is 35.9 Å². The van der Waals surface area contributed by atoms with E-state index < -0.39 is 10.0 Å². The molecule has 5 rings (SSSR count). The predicted molar refractivity (Wildman–Crippen MR) is 134 cm³/mol. The summed E-state index contributed by atoms with van der Waals surface area (Å²) in [5.41, 5.74) is 5.49. The van der Waals surface area contributed by atoms with Crippen molar-refractivity contribution < 1.29 is 8.42 Å². The molecule has 1 N–H and O–H groups in total. The van der Waals surface area contributed by atoms with Crippen LogP contribution in [0.25, 0.3) is 22.2 Å². The van der Waals surface area contributed by atoms with Crippen molar-refractivity contribution in [2.45, 2.75) is 51.5 Å². The van der Waals surface area contributed by atoms with Gasteiger partial charge in [0.15, 0.2) is 0 Å². The predicted octanol–water partition coefficient (Wildman–Crippen LogP) is 5.66. The average molecular weight is 463 g/mol. The molecule has 2 fully saturated rings. The third-order valence-electron chi connectivity index (χ3n) is 7.07. The first-order chi connectivity index (χ1) is 16.0. The third-order valence-corrected chi connectivity index (χ3v) is 8.38. The van der Waals surface area contributed by atoms with Crippen LogP contribution in [0.4, 0.5) is 11.4 Å². The molecular weight excluding hydrogens is 432 g/mol. The molecule has 0 unspecified atom stereocenters. The quantitative estimate of drug-likeness (QED) is 0.513. The highest BCUT2D eigenvalue weighted by molar-refractivity contribution is 7.92. The van der Waals surface area contributed by atoms with Gasteiger partial charge >= 0.3 is 0 Å².